The molecule has 0 unspecified atom stereocenters. The van der Waals surface area contributed by atoms with Crippen LogP contribution in [0.5, 0.6) is 11.5 Å². The van der Waals surface area contributed by atoms with Crippen molar-refractivity contribution in [3.8, 4) is 11.5 Å². The van der Waals surface area contributed by atoms with Crippen LogP contribution in [-0.2, 0) is 4.79 Å². The third-order valence-corrected chi connectivity index (χ3v) is 4.83. The summed E-state index contributed by atoms with van der Waals surface area (Å²) in [6.07, 6.45) is 1.61. The summed E-state index contributed by atoms with van der Waals surface area (Å²) in [4.78, 5) is 17.1. The van der Waals surface area contributed by atoms with E-state index in [1.807, 2.05) is 31.2 Å². The summed E-state index contributed by atoms with van der Waals surface area (Å²) in [6.45, 7) is 1.98. The van der Waals surface area contributed by atoms with Crippen molar-refractivity contribution in [1.82, 2.24) is 5.32 Å². The van der Waals surface area contributed by atoms with Gasteiger partial charge in [-0.3, -0.25) is 4.79 Å². The minimum atomic E-state index is -0.255. The third-order valence-electron chi connectivity index (χ3n) is 3.46. The zero-order chi connectivity index (χ0) is 18.0. The minimum absolute atomic E-state index is 0.0179. The second kappa shape index (κ2) is 7.33. The lowest BCUT2D eigenvalue weighted by atomic mass is 10.1. The predicted molar refractivity (Wildman–Crippen MR) is 104 cm³/mol. The lowest BCUT2D eigenvalue weighted by molar-refractivity contribution is -0.115. The molecular formula is C18H15BrN2O3S. The SMILES string of the molecule is COc1cc(Br)cc(/C=C2/SC(=Nc3cccc(C)c3)NC2=O)c1O. The Morgan fingerprint density at radius 2 is 2.12 bits per heavy atom. The molecule has 2 N–H and O–H groups in total. The largest absolute Gasteiger partial charge is 0.504 e. The Kier molecular flexibility index (Phi) is 5.15. The number of rotatable bonds is 3. The van der Waals surface area contributed by atoms with Gasteiger partial charge in [0, 0.05) is 10.0 Å². The number of nitrogens with zero attached hydrogens (tertiary/aromatic N) is 1. The van der Waals surface area contributed by atoms with Crippen LogP contribution in [0.1, 0.15) is 11.1 Å². The van der Waals surface area contributed by atoms with Gasteiger partial charge in [0.05, 0.1) is 17.7 Å². The van der Waals surface area contributed by atoms with Gasteiger partial charge < -0.3 is 15.2 Å². The quantitative estimate of drug-likeness (QED) is 0.726. The Morgan fingerprint density at radius 3 is 2.84 bits per heavy atom. The van der Waals surface area contributed by atoms with Gasteiger partial charge in [-0.25, -0.2) is 4.99 Å². The summed E-state index contributed by atoms with van der Waals surface area (Å²) in [5.74, 6) is 0.0590. The molecule has 0 bridgehead atoms. The number of hydrogen-bond acceptors (Lipinski definition) is 5. The molecule has 0 saturated carbocycles. The molecule has 0 aliphatic carbocycles. The smallest absolute Gasteiger partial charge is 0.264 e. The number of methoxy groups -OCH3 is 1. The number of nitrogens with one attached hydrogen (secondary N) is 1. The van der Waals surface area contributed by atoms with Gasteiger partial charge in [-0.1, -0.05) is 28.1 Å². The molecule has 0 aromatic heterocycles. The van der Waals surface area contributed by atoms with E-state index >= 15 is 0 Å². The Labute approximate surface area is 157 Å². The van der Waals surface area contributed by atoms with Crippen LogP contribution < -0.4 is 10.1 Å². The number of benzene rings is 2. The van der Waals surface area contributed by atoms with Gasteiger partial charge in [-0.15, -0.1) is 0 Å². The highest BCUT2D eigenvalue weighted by Crippen LogP contribution is 2.37. The Bertz CT molecular complexity index is 909. The number of amides is 1. The maximum absolute atomic E-state index is 12.2. The van der Waals surface area contributed by atoms with Crippen LogP contribution in [0.3, 0.4) is 0 Å². The van der Waals surface area contributed by atoms with Crippen molar-refractivity contribution in [1.29, 1.82) is 0 Å². The van der Waals surface area contributed by atoms with Crippen molar-refractivity contribution in [3.05, 3.63) is 56.9 Å². The Morgan fingerprint density at radius 1 is 1.32 bits per heavy atom. The maximum Gasteiger partial charge on any atom is 0.264 e. The number of phenols is 1. The molecule has 128 valence electrons. The van der Waals surface area contributed by atoms with Crippen LogP contribution in [0.2, 0.25) is 0 Å². The molecule has 1 saturated heterocycles. The molecular weight excluding hydrogens is 404 g/mol. The van der Waals surface area contributed by atoms with E-state index in [0.29, 0.717) is 21.4 Å². The summed E-state index contributed by atoms with van der Waals surface area (Å²) in [6, 6.07) is 11.1. The fraction of sp³-hybridized carbons (Fsp3) is 0.111. The number of hydrogen-bond donors (Lipinski definition) is 2. The summed E-state index contributed by atoms with van der Waals surface area (Å²) in [5.41, 5.74) is 2.36. The Hall–Kier alpha value is -2.25. The number of thioether (sulfide) groups is 1. The van der Waals surface area contributed by atoms with E-state index in [0.717, 1.165) is 15.7 Å². The molecule has 1 fully saturated rings. The van der Waals surface area contributed by atoms with Crippen molar-refractivity contribution in [2.45, 2.75) is 6.92 Å². The van der Waals surface area contributed by atoms with E-state index in [-0.39, 0.29) is 11.7 Å². The third kappa shape index (κ3) is 4.05. The van der Waals surface area contributed by atoms with Gasteiger partial charge in [0.2, 0.25) is 0 Å². The topological polar surface area (TPSA) is 70.9 Å². The lowest BCUT2D eigenvalue weighted by Crippen LogP contribution is -2.19. The van der Waals surface area contributed by atoms with Gasteiger partial charge in [-0.2, -0.15) is 0 Å². The van der Waals surface area contributed by atoms with E-state index < -0.39 is 0 Å². The first-order valence-electron chi connectivity index (χ1n) is 7.39. The van der Waals surface area contributed by atoms with Crippen molar-refractivity contribution in [3.63, 3.8) is 0 Å². The maximum atomic E-state index is 12.2. The van der Waals surface area contributed by atoms with Crippen LogP contribution in [0.25, 0.3) is 6.08 Å². The molecule has 2 aromatic rings. The van der Waals surface area contributed by atoms with E-state index in [1.165, 1.54) is 18.9 Å². The molecule has 1 amide bonds. The average molecular weight is 419 g/mol. The number of phenolic OH excluding ortho intramolecular Hbond substituents is 1. The molecule has 0 radical (unpaired) electrons. The van der Waals surface area contributed by atoms with E-state index in [9.17, 15) is 9.90 Å². The van der Waals surface area contributed by atoms with Crippen LogP contribution in [0, 0.1) is 6.92 Å². The van der Waals surface area contributed by atoms with E-state index in [4.69, 9.17) is 4.74 Å². The lowest BCUT2D eigenvalue weighted by Gasteiger charge is -2.07. The van der Waals surface area contributed by atoms with Gasteiger partial charge >= 0.3 is 0 Å². The zero-order valence-electron chi connectivity index (χ0n) is 13.5. The van der Waals surface area contributed by atoms with Gasteiger partial charge in [0.25, 0.3) is 5.91 Å². The van der Waals surface area contributed by atoms with Crippen molar-refractivity contribution < 1.29 is 14.6 Å². The van der Waals surface area contributed by atoms with Crippen molar-refractivity contribution >= 4 is 50.5 Å². The molecule has 0 atom stereocenters. The summed E-state index contributed by atoms with van der Waals surface area (Å²) < 4.78 is 5.87. The molecule has 5 nitrogen and oxygen atoms in total. The number of aryl methyl sites for hydroxylation is 1. The van der Waals surface area contributed by atoms with Crippen LogP contribution >= 0.6 is 27.7 Å². The monoisotopic (exact) mass is 418 g/mol. The Balaban J connectivity index is 1.91. The van der Waals surface area contributed by atoms with Gasteiger partial charge in [-0.05, 0) is 54.6 Å². The number of carbonyl (C=O) groups is 1. The van der Waals surface area contributed by atoms with Crippen molar-refractivity contribution in [2.24, 2.45) is 4.99 Å². The highest BCUT2D eigenvalue weighted by molar-refractivity contribution is 9.10. The first kappa shape index (κ1) is 17.6. The molecule has 0 spiro atoms. The zero-order valence-corrected chi connectivity index (χ0v) is 15.9. The molecule has 2 aromatic carbocycles. The number of amidine groups is 1. The normalized spacial score (nSPS) is 17.2. The standard InChI is InChI=1S/C18H15BrN2O3S/c1-10-4-3-5-13(6-10)20-18-21-17(23)15(25-18)8-11-7-12(19)9-14(24-2)16(11)22/h3-9,22H,1-2H3,(H,20,21,23)/b15-8+. The number of carbonyl (C=O) groups excluding carboxylic acids is 1. The highest BCUT2D eigenvalue weighted by Gasteiger charge is 2.24. The summed E-state index contributed by atoms with van der Waals surface area (Å²) in [5, 5.41) is 13.5. The number of halogens is 1. The van der Waals surface area contributed by atoms with Gasteiger partial charge in [0.1, 0.15) is 0 Å². The number of ether oxygens (including phenoxy) is 1. The molecule has 1 aliphatic heterocycles. The first-order chi connectivity index (χ1) is 12.0. The number of aliphatic imine (C=N–C) groups is 1. The summed E-state index contributed by atoms with van der Waals surface area (Å²) >= 11 is 4.59. The second-order valence-electron chi connectivity index (χ2n) is 5.37. The van der Waals surface area contributed by atoms with Crippen LogP contribution in [0.4, 0.5) is 5.69 Å². The van der Waals surface area contributed by atoms with Gasteiger partial charge in [0.15, 0.2) is 16.7 Å². The average Bonchev–Trinajstić information content (AvgIpc) is 2.90. The molecule has 1 aliphatic rings. The fourth-order valence-electron chi connectivity index (χ4n) is 2.30. The van der Waals surface area contributed by atoms with Crippen LogP contribution in [0.15, 0.2) is 50.8 Å². The van der Waals surface area contributed by atoms with Crippen molar-refractivity contribution in [2.75, 3.05) is 7.11 Å². The first-order valence-corrected chi connectivity index (χ1v) is 9.00. The summed E-state index contributed by atoms with van der Waals surface area (Å²) in [7, 11) is 1.47. The minimum Gasteiger partial charge on any atom is -0.504 e. The number of aromatic hydroxyl groups is 1. The predicted octanol–water partition coefficient (Wildman–Crippen LogP) is 4.36. The second-order valence-corrected chi connectivity index (χ2v) is 7.31. The highest BCUT2D eigenvalue weighted by atomic mass is 79.9. The molecule has 7 heteroatoms. The molecule has 1 heterocycles. The van der Waals surface area contributed by atoms with Crippen LogP contribution in [-0.4, -0.2) is 23.3 Å². The fourth-order valence-corrected chi connectivity index (χ4v) is 3.58. The molecule has 3 rings (SSSR count). The van der Waals surface area contributed by atoms with E-state index in [1.54, 1.807) is 18.2 Å². The molecule has 25 heavy (non-hydrogen) atoms. The van der Waals surface area contributed by atoms with E-state index in [2.05, 4.69) is 26.2 Å².